The molecule has 0 spiro atoms. The van der Waals surface area contributed by atoms with Crippen LogP contribution in [0.3, 0.4) is 0 Å². The van der Waals surface area contributed by atoms with Crippen LogP contribution < -0.4 is 10.6 Å². The van der Waals surface area contributed by atoms with Crippen molar-refractivity contribution < 1.29 is 4.79 Å². The molecule has 0 saturated heterocycles. The number of aromatic nitrogens is 1. The number of carbonyl (C=O) groups is 1. The van der Waals surface area contributed by atoms with Crippen molar-refractivity contribution in [1.82, 2.24) is 15.2 Å². The van der Waals surface area contributed by atoms with Crippen LogP contribution in [0.4, 0.5) is 5.00 Å². The van der Waals surface area contributed by atoms with Gasteiger partial charge < -0.3 is 10.6 Å². The molecule has 0 radical (unpaired) electrons. The largest absolute Gasteiger partial charge is 0.317 e. The first-order valence-corrected chi connectivity index (χ1v) is 13.9. The maximum absolute atomic E-state index is 13.1. The maximum atomic E-state index is 13.1. The van der Waals surface area contributed by atoms with Gasteiger partial charge in [-0.2, -0.15) is 0 Å². The lowest BCUT2D eigenvalue weighted by Crippen LogP contribution is -2.48. The van der Waals surface area contributed by atoms with Gasteiger partial charge in [-0.3, -0.25) is 9.69 Å². The van der Waals surface area contributed by atoms with E-state index in [0.717, 1.165) is 69.2 Å². The molecule has 0 unspecified atom stereocenters. The van der Waals surface area contributed by atoms with E-state index in [-0.39, 0.29) is 11.8 Å². The van der Waals surface area contributed by atoms with Crippen LogP contribution in [0.2, 0.25) is 0 Å². The summed E-state index contributed by atoms with van der Waals surface area (Å²) in [6.07, 6.45) is 4.75. The molecule has 5 rings (SSSR count). The number of anilines is 1. The third-order valence-corrected chi connectivity index (χ3v) is 9.06. The summed E-state index contributed by atoms with van der Waals surface area (Å²) in [5.41, 5.74) is 3.48. The summed E-state index contributed by atoms with van der Waals surface area (Å²) in [5.74, 6) is 0.222. The van der Waals surface area contributed by atoms with Crippen LogP contribution in [0.15, 0.2) is 35.3 Å². The molecule has 1 saturated carbocycles. The number of thiophene rings is 1. The van der Waals surface area contributed by atoms with Gasteiger partial charge in [-0.25, -0.2) is 4.98 Å². The van der Waals surface area contributed by atoms with Crippen molar-refractivity contribution in [1.29, 1.82) is 0 Å². The van der Waals surface area contributed by atoms with Gasteiger partial charge in [-0.05, 0) is 43.0 Å². The van der Waals surface area contributed by atoms with Crippen LogP contribution >= 0.6 is 38.6 Å². The Morgan fingerprint density at radius 2 is 2.18 bits per heavy atom. The van der Waals surface area contributed by atoms with Gasteiger partial charge in [0.15, 0.2) is 0 Å². The second-order valence-electron chi connectivity index (χ2n) is 9.29. The summed E-state index contributed by atoms with van der Waals surface area (Å²) in [5, 5.41) is 8.82. The lowest BCUT2D eigenvalue weighted by Gasteiger charge is -2.36. The van der Waals surface area contributed by atoms with Crippen LogP contribution in [0, 0.1) is 5.92 Å². The minimum atomic E-state index is 0.0804. The summed E-state index contributed by atoms with van der Waals surface area (Å²) >= 11 is 7.00. The molecule has 3 heterocycles. The number of nitrogens with zero attached hydrogens (tertiary/aromatic N) is 2. The van der Waals surface area contributed by atoms with Crippen molar-refractivity contribution in [2.24, 2.45) is 5.92 Å². The molecule has 3 aromatic rings. The van der Waals surface area contributed by atoms with Crippen molar-refractivity contribution in [2.45, 2.75) is 51.7 Å². The minimum Gasteiger partial charge on any atom is -0.317 e. The van der Waals surface area contributed by atoms with E-state index in [9.17, 15) is 4.79 Å². The normalized spacial score (nSPS) is 20.6. The summed E-state index contributed by atoms with van der Waals surface area (Å²) in [6.45, 7) is 11.0. The summed E-state index contributed by atoms with van der Waals surface area (Å²) < 4.78 is 2.21. The lowest BCUT2D eigenvalue weighted by molar-refractivity contribution is -0.123. The highest BCUT2D eigenvalue weighted by Gasteiger charge is 2.36. The van der Waals surface area contributed by atoms with Gasteiger partial charge in [0.25, 0.3) is 0 Å². The van der Waals surface area contributed by atoms with E-state index < -0.39 is 0 Å². The third-order valence-electron chi connectivity index (χ3n) is 6.40. The van der Waals surface area contributed by atoms with Crippen LogP contribution in [-0.4, -0.2) is 41.0 Å². The van der Waals surface area contributed by atoms with Gasteiger partial charge >= 0.3 is 0 Å². The number of amides is 1. The predicted molar refractivity (Wildman–Crippen MR) is 143 cm³/mol. The highest BCUT2D eigenvalue weighted by atomic mass is 79.9. The first kappa shape index (κ1) is 23.2. The maximum Gasteiger partial charge on any atom is 0.228 e. The molecule has 0 atom stereocenters. The zero-order valence-corrected chi connectivity index (χ0v) is 22.2. The Bertz CT molecular complexity index is 1190. The van der Waals surface area contributed by atoms with E-state index >= 15 is 0 Å². The molecular formula is C25H29BrN4OS2. The van der Waals surface area contributed by atoms with Gasteiger partial charge in [0, 0.05) is 52.5 Å². The number of hydrogen-bond donors (Lipinski definition) is 2. The molecule has 8 heteroatoms. The molecule has 2 aliphatic rings. The zero-order chi connectivity index (χ0) is 23.1. The van der Waals surface area contributed by atoms with Crippen molar-refractivity contribution in [2.75, 3.05) is 18.4 Å². The average Bonchev–Trinajstić information content (AvgIpc) is 3.29. The van der Waals surface area contributed by atoms with Gasteiger partial charge in [0.05, 0.1) is 10.2 Å². The molecule has 2 N–H and O–H groups in total. The highest BCUT2D eigenvalue weighted by Crippen LogP contribution is 2.46. The van der Waals surface area contributed by atoms with Crippen LogP contribution in [0.25, 0.3) is 20.8 Å². The monoisotopic (exact) mass is 544 g/mol. The van der Waals surface area contributed by atoms with E-state index in [1.807, 2.05) is 12.1 Å². The Balaban J connectivity index is 1.45. The second-order valence-corrected chi connectivity index (χ2v) is 12.3. The quantitative estimate of drug-likeness (QED) is 0.355. The third kappa shape index (κ3) is 4.82. The summed E-state index contributed by atoms with van der Waals surface area (Å²) in [7, 11) is 0. The highest BCUT2D eigenvalue weighted by molar-refractivity contribution is 9.10. The first-order chi connectivity index (χ1) is 15.9. The van der Waals surface area contributed by atoms with E-state index in [0.29, 0.717) is 12.1 Å². The van der Waals surface area contributed by atoms with Crippen molar-refractivity contribution in [3.05, 3.63) is 45.8 Å². The minimum absolute atomic E-state index is 0.0804. The van der Waals surface area contributed by atoms with Crippen molar-refractivity contribution in [3.8, 4) is 10.6 Å². The lowest BCUT2D eigenvalue weighted by atomic mass is 9.79. The van der Waals surface area contributed by atoms with Crippen LogP contribution in [-0.2, 0) is 17.8 Å². The van der Waals surface area contributed by atoms with E-state index in [1.54, 1.807) is 22.7 Å². The molecule has 0 bridgehead atoms. The van der Waals surface area contributed by atoms with Crippen LogP contribution in [0.1, 0.15) is 37.1 Å². The number of nitrogens with one attached hydrogen (secondary N) is 2. The number of halogens is 1. The van der Waals surface area contributed by atoms with Crippen molar-refractivity contribution >= 4 is 59.7 Å². The molecule has 1 aromatic carbocycles. The van der Waals surface area contributed by atoms with E-state index in [1.165, 1.54) is 10.4 Å². The number of benzene rings is 1. The fraction of sp³-hybridized carbons (Fsp3) is 0.440. The molecule has 1 aliphatic carbocycles. The van der Waals surface area contributed by atoms with Gasteiger partial charge in [0.1, 0.15) is 10.0 Å². The van der Waals surface area contributed by atoms with Gasteiger partial charge in [0.2, 0.25) is 5.91 Å². The molecule has 33 heavy (non-hydrogen) atoms. The topological polar surface area (TPSA) is 57.3 Å². The van der Waals surface area contributed by atoms with E-state index in [2.05, 4.69) is 64.0 Å². The van der Waals surface area contributed by atoms with Crippen molar-refractivity contribution in [3.63, 3.8) is 0 Å². The molecule has 174 valence electrons. The Hall–Kier alpha value is -1.58. The summed E-state index contributed by atoms with van der Waals surface area (Å²) in [6, 6.07) is 7.11. The molecule has 1 fully saturated rings. The number of thiazole rings is 1. The average molecular weight is 546 g/mol. The SMILES string of the molecule is C=CCN1CCc2c(sc(NC(=O)C3CC(NC(C)C)C3)c2-c2nc3ccc(Br)cc3s2)C1. The standard InChI is InChI=1S/C25H29BrN4OS2/c1-4-8-30-9-7-18-21(13-30)33-25(29-23(31)15-10-17(11-15)27-14(2)3)22(18)24-28-19-6-5-16(26)12-20(19)32-24/h4-6,12,14-15,17,27H,1,7-11,13H2,2-3H3,(H,29,31). The smallest absolute Gasteiger partial charge is 0.228 e. The number of carbonyl (C=O) groups excluding carboxylic acids is 1. The fourth-order valence-electron chi connectivity index (χ4n) is 4.77. The Morgan fingerprint density at radius 1 is 1.36 bits per heavy atom. The predicted octanol–water partition coefficient (Wildman–Crippen LogP) is 6.05. The molecule has 1 amide bonds. The second kappa shape index (κ2) is 9.58. The number of rotatable bonds is 7. The van der Waals surface area contributed by atoms with Gasteiger partial charge in [-0.1, -0.05) is 35.9 Å². The van der Waals surface area contributed by atoms with Gasteiger partial charge in [-0.15, -0.1) is 29.3 Å². The summed E-state index contributed by atoms with van der Waals surface area (Å²) in [4.78, 5) is 21.8. The molecular weight excluding hydrogens is 516 g/mol. The fourth-order valence-corrected chi connectivity index (χ4v) is 7.72. The molecule has 5 nitrogen and oxygen atoms in total. The Labute approximate surface area is 211 Å². The molecule has 2 aromatic heterocycles. The Kier molecular flexibility index (Phi) is 6.73. The van der Waals surface area contributed by atoms with E-state index in [4.69, 9.17) is 4.98 Å². The Morgan fingerprint density at radius 3 is 2.94 bits per heavy atom. The molecule has 1 aliphatic heterocycles. The number of hydrogen-bond acceptors (Lipinski definition) is 6. The zero-order valence-electron chi connectivity index (χ0n) is 19.0. The number of fused-ring (bicyclic) bond motifs is 2. The first-order valence-electron chi connectivity index (χ1n) is 11.5. The van der Waals surface area contributed by atoms with Crippen LogP contribution in [0.5, 0.6) is 0 Å².